The van der Waals surface area contributed by atoms with Crippen LogP contribution in [0.25, 0.3) is 11.1 Å². The minimum atomic E-state index is 0.599. The van der Waals surface area contributed by atoms with Gasteiger partial charge in [-0.25, -0.2) is 0 Å². The van der Waals surface area contributed by atoms with Crippen LogP contribution in [0.15, 0.2) is 71.7 Å². The Hall–Kier alpha value is -2.58. The van der Waals surface area contributed by atoms with Crippen LogP contribution in [-0.4, -0.2) is 36.2 Å². The van der Waals surface area contributed by atoms with E-state index in [0.29, 0.717) is 5.92 Å². The van der Waals surface area contributed by atoms with E-state index >= 15 is 0 Å². The van der Waals surface area contributed by atoms with Gasteiger partial charge in [-0.15, -0.1) is 8.58 Å². The fourth-order valence-corrected chi connectivity index (χ4v) is 5.00. The van der Waals surface area contributed by atoms with Crippen LogP contribution in [0.3, 0.4) is 0 Å². The highest BCUT2D eigenvalue weighted by Gasteiger charge is 2.24. The van der Waals surface area contributed by atoms with E-state index in [2.05, 4.69) is 80.7 Å². The fraction of sp³-hybridized carbons (Fsp3) is 0.414. The zero-order valence-corrected chi connectivity index (χ0v) is 22.4. The van der Waals surface area contributed by atoms with Crippen LogP contribution in [0.2, 0.25) is 0 Å². The third kappa shape index (κ3) is 6.30. The summed E-state index contributed by atoms with van der Waals surface area (Å²) in [5.41, 5.74) is 10.00. The van der Waals surface area contributed by atoms with E-state index in [-0.39, 0.29) is 0 Å². The Labute approximate surface area is 207 Å². The van der Waals surface area contributed by atoms with Gasteiger partial charge >= 0.3 is 0 Å². The second kappa shape index (κ2) is 12.8. The molecule has 0 spiro atoms. The standard InChI is InChI=1S/C29H40N3OP/c1-7-20(3)16-27-28(23-10-12-25(13-11-23)33-14-9-15-34-6)19-30-22(5)29(27)21(4)26(8-2)24-17-31-32-18-24/h8,10-13,17-18,20,30,34H,2,7,9,14-16,19H2,1,3-6H3,(H,31,32)/b26-21+. The van der Waals surface area contributed by atoms with Crippen molar-refractivity contribution < 1.29 is 4.74 Å². The lowest BCUT2D eigenvalue weighted by atomic mass is 9.80. The molecule has 2 atom stereocenters. The van der Waals surface area contributed by atoms with Crippen LogP contribution in [0.5, 0.6) is 5.75 Å². The van der Waals surface area contributed by atoms with Crippen molar-refractivity contribution in [2.24, 2.45) is 5.92 Å². The predicted octanol–water partition coefficient (Wildman–Crippen LogP) is 7.21. The largest absolute Gasteiger partial charge is 0.494 e. The number of H-pyrrole nitrogens is 1. The number of allylic oxidation sites excluding steroid dienone is 6. The van der Waals surface area contributed by atoms with E-state index in [9.17, 15) is 0 Å². The molecule has 2 heterocycles. The second-order valence-electron chi connectivity index (χ2n) is 9.09. The molecule has 4 nitrogen and oxygen atoms in total. The van der Waals surface area contributed by atoms with Crippen molar-refractivity contribution in [1.82, 2.24) is 15.5 Å². The molecule has 0 amide bonds. The van der Waals surface area contributed by atoms with Gasteiger partial charge in [0.2, 0.25) is 0 Å². The summed E-state index contributed by atoms with van der Waals surface area (Å²) in [6.45, 7) is 17.0. The maximum atomic E-state index is 5.96. The summed E-state index contributed by atoms with van der Waals surface area (Å²) in [4.78, 5) is 0. The van der Waals surface area contributed by atoms with Crippen molar-refractivity contribution in [2.75, 3.05) is 26.0 Å². The van der Waals surface area contributed by atoms with Crippen molar-refractivity contribution in [3.05, 3.63) is 82.9 Å². The first kappa shape index (κ1) is 26.0. The van der Waals surface area contributed by atoms with Crippen LogP contribution >= 0.6 is 8.58 Å². The summed E-state index contributed by atoms with van der Waals surface area (Å²) in [5, 5.41) is 10.8. The molecular weight excluding hydrogens is 437 g/mol. The average molecular weight is 478 g/mol. The minimum absolute atomic E-state index is 0.599. The molecule has 2 N–H and O–H groups in total. The van der Waals surface area contributed by atoms with E-state index in [4.69, 9.17) is 4.74 Å². The van der Waals surface area contributed by atoms with Crippen LogP contribution in [0.4, 0.5) is 0 Å². The highest BCUT2D eigenvalue weighted by molar-refractivity contribution is 7.36. The van der Waals surface area contributed by atoms with Gasteiger partial charge in [0.15, 0.2) is 0 Å². The van der Waals surface area contributed by atoms with Gasteiger partial charge in [0, 0.05) is 29.6 Å². The molecule has 5 heteroatoms. The van der Waals surface area contributed by atoms with Crippen molar-refractivity contribution in [2.45, 2.75) is 47.0 Å². The number of hydrogen-bond acceptors (Lipinski definition) is 3. The number of dihydropyridines is 1. The number of ether oxygens (including phenoxy) is 1. The molecule has 1 aromatic heterocycles. The Morgan fingerprint density at radius 3 is 2.68 bits per heavy atom. The van der Waals surface area contributed by atoms with Crippen molar-refractivity contribution in [1.29, 1.82) is 0 Å². The Bertz CT molecular complexity index is 1050. The Morgan fingerprint density at radius 2 is 2.06 bits per heavy atom. The molecule has 1 aromatic carbocycles. The Morgan fingerprint density at radius 1 is 1.29 bits per heavy atom. The van der Waals surface area contributed by atoms with E-state index < -0.39 is 0 Å². The minimum Gasteiger partial charge on any atom is -0.494 e. The van der Waals surface area contributed by atoms with Gasteiger partial charge in [0.1, 0.15) is 5.75 Å². The molecule has 182 valence electrons. The third-order valence-corrected chi connectivity index (χ3v) is 7.51. The maximum Gasteiger partial charge on any atom is 0.119 e. The zero-order chi connectivity index (χ0) is 24.5. The van der Waals surface area contributed by atoms with Crippen molar-refractivity contribution in [3.63, 3.8) is 0 Å². The van der Waals surface area contributed by atoms with E-state index in [1.807, 2.05) is 18.5 Å². The highest BCUT2D eigenvalue weighted by Crippen LogP contribution is 2.39. The number of hydrogen-bond donors (Lipinski definition) is 2. The topological polar surface area (TPSA) is 49.9 Å². The van der Waals surface area contributed by atoms with Crippen molar-refractivity contribution >= 4 is 19.7 Å². The second-order valence-corrected chi connectivity index (χ2v) is 10.3. The average Bonchev–Trinajstić information content (AvgIpc) is 3.37. The fourth-order valence-electron chi connectivity index (χ4n) is 4.51. The van der Waals surface area contributed by atoms with Crippen LogP contribution in [0, 0.1) is 5.92 Å². The summed E-state index contributed by atoms with van der Waals surface area (Å²) >= 11 is 0. The van der Waals surface area contributed by atoms with Crippen LogP contribution in [0.1, 0.15) is 58.1 Å². The highest BCUT2D eigenvalue weighted by atomic mass is 31.1. The van der Waals surface area contributed by atoms with Gasteiger partial charge in [-0.3, -0.25) is 5.10 Å². The number of nitrogens with zero attached hydrogens (tertiary/aromatic N) is 1. The molecule has 1 aliphatic rings. The van der Waals surface area contributed by atoms with E-state index in [1.54, 1.807) is 0 Å². The number of rotatable bonds is 12. The van der Waals surface area contributed by atoms with Gasteiger partial charge in [0.25, 0.3) is 0 Å². The van der Waals surface area contributed by atoms with Gasteiger partial charge in [-0.05, 0) is 85.4 Å². The molecule has 3 rings (SSSR count). The van der Waals surface area contributed by atoms with Crippen molar-refractivity contribution in [3.8, 4) is 5.75 Å². The molecular formula is C29H40N3OP. The maximum absolute atomic E-state index is 5.96. The monoisotopic (exact) mass is 477 g/mol. The summed E-state index contributed by atoms with van der Waals surface area (Å²) < 4.78 is 5.96. The smallest absolute Gasteiger partial charge is 0.119 e. The SMILES string of the molecule is C=C/C(=C(/C)C1=C(C)NCC(c2ccc(OCCCPC)cc2)=C1CC(C)CC)c1cn[nH]c1. The molecule has 0 radical (unpaired) electrons. The normalized spacial score (nSPS) is 16.0. The molecule has 0 bridgehead atoms. The Kier molecular flexibility index (Phi) is 9.77. The summed E-state index contributed by atoms with van der Waals surface area (Å²) in [6.07, 6.45) is 10.3. The molecule has 2 unspecified atom stereocenters. The molecule has 1 aliphatic heterocycles. The first-order valence-electron chi connectivity index (χ1n) is 12.4. The summed E-state index contributed by atoms with van der Waals surface area (Å²) in [5.74, 6) is 1.55. The molecule has 0 aliphatic carbocycles. The number of nitrogens with one attached hydrogen (secondary N) is 2. The van der Waals surface area contributed by atoms with Crippen LogP contribution < -0.4 is 10.1 Å². The van der Waals surface area contributed by atoms with Crippen LogP contribution in [-0.2, 0) is 0 Å². The predicted molar refractivity (Wildman–Crippen MR) is 149 cm³/mol. The number of benzene rings is 1. The number of aromatic amines is 1. The number of aromatic nitrogens is 2. The van der Waals surface area contributed by atoms with Gasteiger partial charge < -0.3 is 10.1 Å². The Balaban J connectivity index is 2.03. The molecule has 34 heavy (non-hydrogen) atoms. The lowest BCUT2D eigenvalue weighted by Gasteiger charge is -2.30. The zero-order valence-electron chi connectivity index (χ0n) is 21.4. The lowest BCUT2D eigenvalue weighted by Crippen LogP contribution is -2.24. The van der Waals surface area contributed by atoms with Gasteiger partial charge in [0.05, 0.1) is 12.8 Å². The van der Waals surface area contributed by atoms with E-state index in [0.717, 1.165) is 57.9 Å². The first-order chi connectivity index (χ1) is 16.5. The first-order valence-corrected chi connectivity index (χ1v) is 14.1. The lowest BCUT2D eigenvalue weighted by molar-refractivity contribution is 0.318. The summed E-state index contributed by atoms with van der Waals surface area (Å²) in [6, 6.07) is 8.66. The molecule has 0 saturated heterocycles. The summed E-state index contributed by atoms with van der Waals surface area (Å²) in [7, 11) is 0.992. The van der Waals surface area contributed by atoms with Gasteiger partial charge in [-0.1, -0.05) is 45.1 Å². The third-order valence-electron chi connectivity index (χ3n) is 6.66. The molecule has 0 fully saturated rings. The quantitative estimate of drug-likeness (QED) is 0.193. The molecule has 0 saturated carbocycles. The molecule has 2 aromatic rings. The van der Waals surface area contributed by atoms with E-state index in [1.165, 1.54) is 39.7 Å². The van der Waals surface area contributed by atoms with Gasteiger partial charge in [-0.2, -0.15) is 5.10 Å².